The van der Waals surface area contributed by atoms with Gasteiger partial charge in [0, 0.05) is 0 Å². The van der Waals surface area contributed by atoms with Gasteiger partial charge in [-0.25, -0.2) is 4.39 Å². The van der Waals surface area contributed by atoms with Crippen molar-refractivity contribution in [3.8, 4) is 0 Å². The summed E-state index contributed by atoms with van der Waals surface area (Å²) in [6, 6.07) is 0. The highest BCUT2D eigenvalue weighted by Crippen LogP contribution is 2.35. The number of hydrogen-bond acceptors (Lipinski definition) is 3. The Morgan fingerprint density at radius 3 is 2.36 bits per heavy atom. The van der Waals surface area contributed by atoms with Gasteiger partial charge >= 0.3 is 15.6 Å². The molecule has 0 amide bonds. The highest BCUT2D eigenvalue weighted by atomic mass is 32.2. The monoisotopic (exact) mass is 344 g/mol. The standard InChI is InChI=1S/C14H20F4O3S/c1-2-3-4-5-7-10-13(15)11-8-6-9-12(13)21-22(19,20)14(16,17)18/h6,8-9,11-12H,2-5,7,10H2,1H3. The third-order valence-corrected chi connectivity index (χ3v) is 4.45. The van der Waals surface area contributed by atoms with Crippen molar-refractivity contribution in [2.24, 2.45) is 0 Å². The molecule has 1 rings (SSSR count). The second kappa shape index (κ2) is 7.59. The summed E-state index contributed by atoms with van der Waals surface area (Å²) in [7, 11) is -5.83. The minimum atomic E-state index is -5.83. The van der Waals surface area contributed by atoms with Gasteiger partial charge in [0.2, 0.25) is 0 Å². The topological polar surface area (TPSA) is 43.4 Å². The van der Waals surface area contributed by atoms with Crippen molar-refractivity contribution in [1.82, 2.24) is 0 Å². The minimum Gasteiger partial charge on any atom is -0.252 e. The number of alkyl halides is 4. The zero-order valence-corrected chi connectivity index (χ0v) is 13.1. The predicted octanol–water partition coefficient (Wildman–Crippen LogP) is 4.42. The van der Waals surface area contributed by atoms with Crippen LogP contribution in [0.15, 0.2) is 24.3 Å². The highest BCUT2D eigenvalue weighted by molar-refractivity contribution is 7.87. The second-order valence-electron chi connectivity index (χ2n) is 5.25. The Labute approximate surface area is 128 Å². The van der Waals surface area contributed by atoms with E-state index in [1.807, 2.05) is 6.92 Å². The summed E-state index contributed by atoms with van der Waals surface area (Å²) >= 11 is 0. The maximum absolute atomic E-state index is 14.8. The van der Waals surface area contributed by atoms with Crippen molar-refractivity contribution in [3.63, 3.8) is 0 Å². The van der Waals surface area contributed by atoms with E-state index in [1.54, 1.807) is 0 Å². The lowest BCUT2D eigenvalue weighted by Gasteiger charge is -2.30. The van der Waals surface area contributed by atoms with Crippen molar-refractivity contribution < 1.29 is 30.2 Å². The van der Waals surface area contributed by atoms with E-state index in [0.29, 0.717) is 6.42 Å². The van der Waals surface area contributed by atoms with Gasteiger partial charge in [0.1, 0.15) is 6.10 Å². The normalized spacial score (nSPS) is 25.6. The molecule has 22 heavy (non-hydrogen) atoms. The molecule has 0 saturated carbocycles. The summed E-state index contributed by atoms with van der Waals surface area (Å²) in [4.78, 5) is 0. The van der Waals surface area contributed by atoms with Crippen LogP contribution >= 0.6 is 0 Å². The Hall–Kier alpha value is -0.890. The Kier molecular flexibility index (Phi) is 6.61. The van der Waals surface area contributed by atoms with Gasteiger partial charge in [0.15, 0.2) is 5.67 Å². The van der Waals surface area contributed by atoms with E-state index in [1.165, 1.54) is 12.2 Å². The van der Waals surface area contributed by atoms with Crippen LogP contribution in [-0.2, 0) is 14.3 Å². The molecule has 0 spiro atoms. The Morgan fingerprint density at radius 1 is 1.14 bits per heavy atom. The molecule has 2 unspecified atom stereocenters. The summed E-state index contributed by atoms with van der Waals surface area (Å²) in [5.41, 5.74) is -7.82. The van der Waals surface area contributed by atoms with E-state index in [2.05, 4.69) is 4.18 Å². The van der Waals surface area contributed by atoms with E-state index < -0.39 is 27.4 Å². The quantitative estimate of drug-likeness (QED) is 0.283. The molecule has 128 valence electrons. The molecule has 0 heterocycles. The molecule has 1 aliphatic carbocycles. The van der Waals surface area contributed by atoms with Gasteiger partial charge in [0.05, 0.1) is 0 Å². The maximum Gasteiger partial charge on any atom is 0.523 e. The van der Waals surface area contributed by atoms with E-state index in [-0.39, 0.29) is 6.42 Å². The molecule has 0 radical (unpaired) electrons. The first-order chi connectivity index (χ1) is 10.1. The summed E-state index contributed by atoms with van der Waals surface area (Å²) in [5, 5.41) is 0. The third kappa shape index (κ3) is 5.08. The third-order valence-electron chi connectivity index (χ3n) is 3.42. The highest BCUT2D eigenvalue weighted by Gasteiger charge is 2.51. The van der Waals surface area contributed by atoms with Crippen molar-refractivity contribution >= 4 is 10.1 Å². The first-order valence-corrected chi connectivity index (χ1v) is 8.58. The minimum absolute atomic E-state index is 0.0877. The molecular formula is C14H20F4O3S. The van der Waals surface area contributed by atoms with E-state index in [0.717, 1.165) is 37.8 Å². The van der Waals surface area contributed by atoms with Crippen LogP contribution in [0.1, 0.15) is 45.4 Å². The van der Waals surface area contributed by atoms with E-state index in [4.69, 9.17) is 0 Å². The van der Waals surface area contributed by atoms with Crippen molar-refractivity contribution in [1.29, 1.82) is 0 Å². The van der Waals surface area contributed by atoms with Gasteiger partial charge in [-0.15, -0.1) is 0 Å². The summed E-state index contributed by atoms with van der Waals surface area (Å²) < 4.78 is 78.0. The molecule has 0 aromatic carbocycles. The van der Waals surface area contributed by atoms with Crippen molar-refractivity contribution in [3.05, 3.63) is 24.3 Å². The molecule has 0 aliphatic heterocycles. The van der Waals surface area contributed by atoms with Crippen LogP contribution in [0.3, 0.4) is 0 Å². The number of halogens is 4. The maximum atomic E-state index is 14.8. The lowest BCUT2D eigenvalue weighted by Crippen LogP contribution is -2.42. The zero-order chi connectivity index (χ0) is 16.9. The Morgan fingerprint density at radius 2 is 1.77 bits per heavy atom. The van der Waals surface area contributed by atoms with Crippen LogP contribution in [0, 0.1) is 0 Å². The summed E-state index contributed by atoms with van der Waals surface area (Å²) in [6.07, 6.45) is 6.87. The van der Waals surface area contributed by atoms with Gasteiger partial charge in [-0.2, -0.15) is 21.6 Å². The van der Waals surface area contributed by atoms with Gasteiger partial charge in [0.25, 0.3) is 0 Å². The SMILES string of the molecule is CCCCCCCC1(F)C=CC=CC1OS(=O)(=O)C(F)(F)F. The average molecular weight is 344 g/mol. The molecule has 8 heteroatoms. The molecule has 0 aromatic heterocycles. The summed E-state index contributed by atoms with van der Waals surface area (Å²) in [5.74, 6) is 0. The summed E-state index contributed by atoms with van der Waals surface area (Å²) in [6.45, 7) is 2.02. The number of rotatable bonds is 8. The smallest absolute Gasteiger partial charge is 0.252 e. The zero-order valence-electron chi connectivity index (χ0n) is 12.3. The largest absolute Gasteiger partial charge is 0.523 e. The fourth-order valence-electron chi connectivity index (χ4n) is 2.16. The van der Waals surface area contributed by atoms with Crippen LogP contribution < -0.4 is 0 Å². The molecule has 0 N–H and O–H groups in total. The van der Waals surface area contributed by atoms with Crippen LogP contribution in [0.2, 0.25) is 0 Å². The Balaban J connectivity index is 2.71. The number of unbranched alkanes of at least 4 members (excludes halogenated alkanes) is 4. The van der Waals surface area contributed by atoms with E-state index in [9.17, 15) is 26.0 Å². The molecule has 3 nitrogen and oxygen atoms in total. The van der Waals surface area contributed by atoms with Crippen LogP contribution in [0.4, 0.5) is 17.6 Å². The molecule has 1 aliphatic rings. The van der Waals surface area contributed by atoms with Gasteiger partial charge < -0.3 is 0 Å². The molecule has 0 saturated heterocycles. The van der Waals surface area contributed by atoms with Crippen LogP contribution in [-0.4, -0.2) is 25.7 Å². The molecule has 0 bridgehead atoms. The molecule has 0 fully saturated rings. The average Bonchev–Trinajstić information content (AvgIpc) is 2.40. The fourth-order valence-corrected chi connectivity index (χ4v) is 2.77. The first kappa shape index (κ1) is 19.2. The van der Waals surface area contributed by atoms with Crippen LogP contribution in [0.25, 0.3) is 0 Å². The van der Waals surface area contributed by atoms with Crippen molar-refractivity contribution in [2.45, 2.75) is 62.7 Å². The molecular weight excluding hydrogens is 324 g/mol. The second-order valence-corrected chi connectivity index (χ2v) is 6.82. The van der Waals surface area contributed by atoms with Crippen LogP contribution in [0.5, 0.6) is 0 Å². The lowest BCUT2D eigenvalue weighted by atomic mass is 9.88. The fraction of sp³-hybridized carbons (Fsp3) is 0.714. The molecule has 2 atom stereocenters. The lowest BCUT2D eigenvalue weighted by molar-refractivity contribution is -0.0608. The van der Waals surface area contributed by atoms with Gasteiger partial charge in [-0.3, -0.25) is 4.18 Å². The number of allylic oxidation sites excluding steroid dienone is 2. The molecule has 0 aromatic rings. The van der Waals surface area contributed by atoms with Crippen molar-refractivity contribution in [2.75, 3.05) is 0 Å². The number of hydrogen-bond donors (Lipinski definition) is 0. The first-order valence-electron chi connectivity index (χ1n) is 7.17. The van der Waals surface area contributed by atoms with Gasteiger partial charge in [-0.05, 0) is 18.9 Å². The van der Waals surface area contributed by atoms with E-state index >= 15 is 0 Å². The predicted molar refractivity (Wildman–Crippen MR) is 75.3 cm³/mol. The Bertz CT molecular complexity index is 511. The van der Waals surface area contributed by atoms with Gasteiger partial charge in [-0.1, -0.05) is 50.8 Å².